The number of primary amides is 1. The molecule has 0 bridgehead atoms. The number of hydrogen-bond acceptors (Lipinski definition) is 5. The molecule has 316 valence electrons. The van der Waals surface area contributed by atoms with Gasteiger partial charge in [0.25, 0.3) is 0 Å². The lowest BCUT2D eigenvalue weighted by atomic mass is 9.64. The maximum Gasteiger partial charge on any atom is 0.220 e. The highest BCUT2D eigenvalue weighted by Gasteiger charge is 2.39. The van der Waals surface area contributed by atoms with Crippen molar-refractivity contribution in [2.75, 3.05) is 52.5 Å². The van der Waals surface area contributed by atoms with Gasteiger partial charge in [-0.05, 0) is 228 Å². The monoisotopic (exact) mass is 765 g/mol. The smallest absolute Gasteiger partial charge is 0.220 e. The Bertz CT molecular complexity index is 1080. The van der Waals surface area contributed by atoms with Crippen LogP contribution in [-0.4, -0.2) is 91.2 Å². The molecule has 7 aliphatic rings. The van der Waals surface area contributed by atoms with E-state index in [9.17, 15) is 4.79 Å². The molecule has 2 N–H and O–H groups in total. The summed E-state index contributed by atoms with van der Waals surface area (Å²) in [7, 11) is 0. The standard InChI is InChI=1S/C49H88N4O2/c1-3-38(40-10-12-43(13-11-40)49(50)54)9-14-44(41-17-23-46(24-18-41)52-29-7-8-30-52)36-45(42-19-25-47(26-20-42)51-27-5-4-6-28-51)35-37(2)39-15-21-48(22-16-39)53-31-33-55-34-32-53/h37-48H,3-36H2,1-2H3,(H2,50,54). The summed E-state index contributed by atoms with van der Waals surface area (Å²) in [5.74, 6) is 7.23. The lowest BCUT2D eigenvalue weighted by Crippen LogP contribution is -2.45. The Morgan fingerprint density at radius 1 is 0.527 bits per heavy atom. The van der Waals surface area contributed by atoms with Crippen LogP contribution in [0.3, 0.4) is 0 Å². The number of amides is 1. The highest BCUT2D eigenvalue weighted by molar-refractivity contribution is 5.76. The van der Waals surface area contributed by atoms with Crippen LogP contribution in [-0.2, 0) is 9.53 Å². The topological polar surface area (TPSA) is 62.0 Å². The zero-order chi connectivity index (χ0) is 38.0. The molecule has 7 rings (SSSR count). The Kier molecular flexibility index (Phi) is 16.6. The van der Waals surface area contributed by atoms with Gasteiger partial charge in [0.05, 0.1) is 13.2 Å². The summed E-state index contributed by atoms with van der Waals surface area (Å²) in [6.45, 7) is 14.8. The zero-order valence-electron chi connectivity index (χ0n) is 36.2. The van der Waals surface area contributed by atoms with Gasteiger partial charge in [-0.2, -0.15) is 0 Å². The van der Waals surface area contributed by atoms with E-state index in [0.29, 0.717) is 0 Å². The SMILES string of the molecule is CCC(CCC(CC(CC(C)C1CCC(N2CCOCC2)CC1)C1CCC(N2CCCCC2)CC1)C1CCC(N2CCCC2)CC1)C1CCC(C(N)=O)CC1. The van der Waals surface area contributed by atoms with Crippen LogP contribution in [0.2, 0.25) is 0 Å². The average molecular weight is 765 g/mol. The maximum absolute atomic E-state index is 12.0. The maximum atomic E-state index is 12.0. The Labute approximate surface area is 339 Å². The number of nitrogens with zero attached hydrogens (tertiary/aromatic N) is 3. The minimum Gasteiger partial charge on any atom is -0.379 e. The van der Waals surface area contributed by atoms with E-state index >= 15 is 0 Å². The molecule has 3 aliphatic heterocycles. The first kappa shape index (κ1) is 42.4. The summed E-state index contributed by atoms with van der Waals surface area (Å²) in [6.07, 6.45) is 36.5. The van der Waals surface area contributed by atoms with E-state index in [1.807, 2.05) is 0 Å². The molecule has 0 aromatic carbocycles. The predicted molar refractivity (Wildman–Crippen MR) is 229 cm³/mol. The van der Waals surface area contributed by atoms with Crippen molar-refractivity contribution >= 4 is 5.91 Å². The molecule has 4 saturated carbocycles. The van der Waals surface area contributed by atoms with Crippen molar-refractivity contribution in [2.24, 2.45) is 59.0 Å². The fourth-order valence-electron chi connectivity index (χ4n) is 14.4. The van der Waals surface area contributed by atoms with Crippen LogP contribution < -0.4 is 5.73 Å². The van der Waals surface area contributed by atoms with E-state index in [1.165, 1.54) is 180 Å². The van der Waals surface area contributed by atoms with Crippen LogP contribution in [0.5, 0.6) is 0 Å². The van der Waals surface area contributed by atoms with E-state index in [0.717, 1.165) is 105 Å². The Morgan fingerprint density at radius 2 is 0.945 bits per heavy atom. The van der Waals surface area contributed by atoms with Crippen molar-refractivity contribution in [3.63, 3.8) is 0 Å². The molecule has 4 atom stereocenters. The van der Waals surface area contributed by atoms with Gasteiger partial charge in [-0.15, -0.1) is 0 Å². The quantitative estimate of drug-likeness (QED) is 0.170. The minimum absolute atomic E-state index is 0.0496. The molecule has 55 heavy (non-hydrogen) atoms. The third-order valence-electron chi connectivity index (χ3n) is 18.0. The summed E-state index contributed by atoms with van der Waals surface area (Å²) in [6, 6.07) is 2.55. The van der Waals surface area contributed by atoms with Gasteiger partial charge in [-0.1, -0.05) is 26.7 Å². The molecular formula is C49H88N4O2. The number of ether oxygens (including phenoxy) is 1. The van der Waals surface area contributed by atoms with Gasteiger partial charge >= 0.3 is 0 Å². The van der Waals surface area contributed by atoms with Crippen molar-refractivity contribution in [2.45, 2.75) is 199 Å². The number of carbonyl (C=O) groups is 1. The second-order valence-electron chi connectivity index (χ2n) is 20.9. The summed E-state index contributed by atoms with van der Waals surface area (Å²) >= 11 is 0. The van der Waals surface area contributed by atoms with E-state index in [-0.39, 0.29) is 11.8 Å². The molecule has 6 heteroatoms. The van der Waals surface area contributed by atoms with Gasteiger partial charge in [0.2, 0.25) is 5.91 Å². The third-order valence-corrected chi connectivity index (χ3v) is 18.0. The van der Waals surface area contributed by atoms with Crippen molar-refractivity contribution in [1.82, 2.24) is 14.7 Å². The fourth-order valence-corrected chi connectivity index (χ4v) is 14.4. The van der Waals surface area contributed by atoms with Gasteiger partial charge in [-0.25, -0.2) is 0 Å². The lowest BCUT2D eigenvalue weighted by Gasteiger charge is -2.45. The summed E-state index contributed by atoms with van der Waals surface area (Å²) in [5, 5.41) is 0. The first-order valence-corrected chi connectivity index (χ1v) is 25.0. The van der Waals surface area contributed by atoms with E-state index in [4.69, 9.17) is 10.5 Å². The van der Waals surface area contributed by atoms with E-state index in [2.05, 4.69) is 28.5 Å². The second-order valence-corrected chi connectivity index (χ2v) is 20.9. The molecule has 0 aromatic rings. The van der Waals surface area contributed by atoms with Gasteiger partial charge in [-0.3, -0.25) is 9.69 Å². The van der Waals surface area contributed by atoms with E-state index < -0.39 is 0 Å². The Balaban J connectivity index is 1.03. The van der Waals surface area contributed by atoms with Crippen molar-refractivity contribution in [3.05, 3.63) is 0 Å². The van der Waals surface area contributed by atoms with Crippen LogP contribution >= 0.6 is 0 Å². The normalized spacial score (nSPS) is 37.3. The van der Waals surface area contributed by atoms with Gasteiger partial charge in [0, 0.05) is 37.1 Å². The highest BCUT2D eigenvalue weighted by atomic mass is 16.5. The first-order valence-electron chi connectivity index (χ1n) is 25.0. The molecule has 4 unspecified atom stereocenters. The second kappa shape index (κ2) is 21.5. The number of piperidine rings is 1. The predicted octanol–water partition coefficient (Wildman–Crippen LogP) is 10.3. The largest absolute Gasteiger partial charge is 0.379 e. The zero-order valence-corrected chi connectivity index (χ0v) is 36.2. The van der Waals surface area contributed by atoms with Crippen LogP contribution in [0.1, 0.15) is 181 Å². The molecule has 6 nitrogen and oxygen atoms in total. The van der Waals surface area contributed by atoms with Crippen molar-refractivity contribution in [3.8, 4) is 0 Å². The van der Waals surface area contributed by atoms with Crippen molar-refractivity contribution < 1.29 is 9.53 Å². The lowest BCUT2D eigenvalue weighted by molar-refractivity contribution is -0.123. The highest BCUT2D eigenvalue weighted by Crippen LogP contribution is 2.47. The molecule has 4 aliphatic carbocycles. The molecule has 0 aromatic heterocycles. The van der Waals surface area contributed by atoms with Gasteiger partial charge in [0.15, 0.2) is 0 Å². The molecule has 1 amide bonds. The first-order chi connectivity index (χ1) is 26.9. The Morgan fingerprint density at radius 3 is 1.45 bits per heavy atom. The molecule has 3 saturated heterocycles. The van der Waals surface area contributed by atoms with Gasteiger partial charge in [0.1, 0.15) is 0 Å². The number of carbonyl (C=O) groups excluding carboxylic acids is 1. The number of likely N-dealkylation sites (tertiary alicyclic amines) is 2. The summed E-state index contributed by atoms with van der Waals surface area (Å²) in [4.78, 5) is 20.6. The Hall–Kier alpha value is -0.690. The van der Waals surface area contributed by atoms with Crippen LogP contribution in [0.15, 0.2) is 0 Å². The minimum atomic E-state index is -0.0496. The van der Waals surface area contributed by atoms with Gasteiger partial charge < -0.3 is 20.3 Å². The fraction of sp³-hybridized carbons (Fsp3) is 0.980. The number of hydrogen-bond donors (Lipinski definition) is 1. The van der Waals surface area contributed by atoms with E-state index in [1.54, 1.807) is 0 Å². The van der Waals surface area contributed by atoms with Crippen LogP contribution in [0, 0.1) is 53.3 Å². The summed E-state index contributed by atoms with van der Waals surface area (Å²) < 4.78 is 5.71. The molecule has 3 heterocycles. The van der Waals surface area contributed by atoms with Crippen molar-refractivity contribution in [1.29, 1.82) is 0 Å². The molecule has 0 spiro atoms. The van der Waals surface area contributed by atoms with Crippen LogP contribution in [0.4, 0.5) is 0 Å². The number of nitrogens with two attached hydrogens (primary N) is 1. The number of morpholine rings is 1. The number of rotatable bonds is 16. The molecule has 7 fully saturated rings. The molecule has 0 radical (unpaired) electrons. The third kappa shape index (κ3) is 11.7. The summed E-state index contributed by atoms with van der Waals surface area (Å²) in [5.41, 5.74) is 5.77. The van der Waals surface area contributed by atoms with Crippen LogP contribution in [0.25, 0.3) is 0 Å². The molecular weight excluding hydrogens is 677 g/mol. The average Bonchev–Trinajstić information content (AvgIpc) is 3.80.